The molecule has 0 rings (SSSR count). The van der Waals surface area contributed by atoms with Gasteiger partial charge in [0.15, 0.2) is 23.0 Å². The zero-order valence-electron chi connectivity index (χ0n) is 36.8. The molecular formula is C48H92O6. The Morgan fingerprint density at radius 1 is 0.370 bits per heavy atom. The summed E-state index contributed by atoms with van der Waals surface area (Å²) in [5.41, 5.74) is -5.77. The van der Waals surface area contributed by atoms with Crippen LogP contribution < -0.4 is 0 Å². The highest BCUT2D eigenvalue weighted by Gasteiger charge is 2.62. The summed E-state index contributed by atoms with van der Waals surface area (Å²) in [6.45, 7) is 12.1. The second kappa shape index (κ2) is 34.0. The quantitative estimate of drug-likeness (QED) is 0.0422. The first-order chi connectivity index (χ1) is 26.1. The average Bonchev–Trinajstić information content (AvgIpc) is 3.17. The maximum Gasteiger partial charge on any atom is 0.219 e. The summed E-state index contributed by atoms with van der Waals surface area (Å²) >= 11 is 0. The van der Waals surface area contributed by atoms with E-state index < -0.39 is 35.2 Å². The number of rotatable bonds is 41. The van der Waals surface area contributed by atoms with E-state index in [0.29, 0.717) is 37.0 Å². The molecule has 4 unspecified atom stereocenters. The van der Waals surface area contributed by atoms with Crippen LogP contribution in [-0.4, -0.2) is 50.5 Å². The van der Waals surface area contributed by atoms with Crippen LogP contribution in [0.15, 0.2) is 0 Å². The Balaban J connectivity index is 5.76. The minimum Gasteiger partial charge on any atom is -0.393 e. The van der Waals surface area contributed by atoms with Gasteiger partial charge in [-0.25, -0.2) is 0 Å². The third kappa shape index (κ3) is 21.4. The summed E-state index contributed by atoms with van der Waals surface area (Å²) < 4.78 is 0. The highest BCUT2D eigenvalue weighted by atomic mass is 16.4. The Labute approximate surface area is 335 Å². The van der Waals surface area contributed by atoms with Gasteiger partial charge < -0.3 is 15.3 Å². The van der Waals surface area contributed by atoms with Crippen molar-refractivity contribution in [1.29, 1.82) is 0 Å². The second-order valence-electron chi connectivity index (χ2n) is 17.2. The van der Waals surface area contributed by atoms with Crippen molar-refractivity contribution in [1.82, 2.24) is 0 Å². The molecule has 4 atom stereocenters. The minimum atomic E-state index is -2.94. The molecule has 54 heavy (non-hydrogen) atoms. The molecule has 0 aliphatic heterocycles. The molecule has 0 radical (unpaired) electrons. The van der Waals surface area contributed by atoms with Crippen molar-refractivity contribution in [3.63, 3.8) is 0 Å². The van der Waals surface area contributed by atoms with Gasteiger partial charge in [0.05, 0.1) is 6.61 Å². The zero-order chi connectivity index (χ0) is 40.5. The molecule has 0 amide bonds. The summed E-state index contributed by atoms with van der Waals surface area (Å²) in [5.74, 6) is -0.649. The largest absolute Gasteiger partial charge is 0.393 e. The molecule has 0 heterocycles. The minimum absolute atomic E-state index is 0.0813. The predicted molar refractivity (Wildman–Crippen MR) is 229 cm³/mol. The van der Waals surface area contributed by atoms with Gasteiger partial charge in [0.1, 0.15) is 0 Å². The van der Waals surface area contributed by atoms with Gasteiger partial charge in [-0.2, -0.15) is 0 Å². The van der Waals surface area contributed by atoms with Crippen molar-refractivity contribution in [2.75, 3.05) is 6.61 Å². The van der Waals surface area contributed by atoms with Crippen LogP contribution in [0.1, 0.15) is 253 Å². The van der Waals surface area contributed by atoms with Gasteiger partial charge in [-0.05, 0) is 37.0 Å². The van der Waals surface area contributed by atoms with Gasteiger partial charge in [0, 0.05) is 19.3 Å². The smallest absolute Gasteiger partial charge is 0.219 e. The van der Waals surface area contributed by atoms with E-state index >= 15 is 0 Å². The van der Waals surface area contributed by atoms with E-state index in [1.165, 1.54) is 96.3 Å². The van der Waals surface area contributed by atoms with Crippen LogP contribution in [0.5, 0.6) is 0 Å². The normalized spacial score (nSPS) is 15.7. The van der Waals surface area contributed by atoms with Gasteiger partial charge in [-0.3, -0.25) is 14.4 Å². The summed E-state index contributed by atoms with van der Waals surface area (Å²) in [5, 5.41) is 34.5. The lowest BCUT2D eigenvalue weighted by atomic mass is 9.71. The fourth-order valence-corrected chi connectivity index (χ4v) is 8.85. The molecular weight excluding hydrogens is 673 g/mol. The molecule has 0 saturated heterocycles. The Morgan fingerprint density at radius 2 is 0.648 bits per heavy atom. The van der Waals surface area contributed by atoms with Gasteiger partial charge in [0.25, 0.3) is 0 Å². The predicted octanol–water partition coefficient (Wildman–Crippen LogP) is 13.0. The van der Waals surface area contributed by atoms with E-state index in [-0.39, 0.29) is 19.3 Å². The molecule has 0 fully saturated rings. The van der Waals surface area contributed by atoms with Crippen LogP contribution >= 0.6 is 0 Å². The molecule has 0 aliphatic carbocycles. The molecule has 0 bridgehead atoms. The summed E-state index contributed by atoms with van der Waals surface area (Å²) in [7, 11) is 0. The Morgan fingerprint density at radius 3 is 0.907 bits per heavy atom. The summed E-state index contributed by atoms with van der Waals surface area (Å²) in [6, 6.07) is 0. The number of carbonyl (C=O) groups excluding carboxylic acids is 3. The number of carbonyl (C=O) groups is 3. The molecule has 0 aliphatic rings. The highest BCUT2D eigenvalue weighted by Crippen LogP contribution is 2.33. The van der Waals surface area contributed by atoms with Crippen LogP contribution in [0, 0.1) is 17.8 Å². The summed E-state index contributed by atoms with van der Waals surface area (Å²) in [6.07, 6.45) is 31.6. The van der Waals surface area contributed by atoms with E-state index in [0.717, 1.165) is 77.0 Å². The monoisotopic (exact) mass is 765 g/mol. The highest BCUT2D eigenvalue weighted by molar-refractivity contribution is 6.16. The standard InChI is InChI=1S/C48H92O6/c1-7-13-16-19-31-41(28-10-4)34-22-25-37-44(50)47(53,40-49)48(54,45(51)38-26-23-35-42(29-11-5)32-20-17-14-8-2)46(52)39-27-24-36-43(30-12-6)33-21-18-15-9-3/h41-43,49,53-54H,7-40H2,1-6H3. The van der Waals surface area contributed by atoms with Crippen molar-refractivity contribution in [3.05, 3.63) is 0 Å². The second-order valence-corrected chi connectivity index (χ2v) is 17.2. The van der Waals surface area contributed by atoms with E-state index in [2.05, 4.69) is 41.5 Å². The Hall–Kier alpha value is -1.11. The van der Waals surface area contributed by atoms with Gasteiger partial charge >= 0.3 is 0 Å². The number of aliphatic hydroxyl groups is 3. The maximum absolute atomic E-state index is 14.0. The molecule has 0 aromatic rings. The van der Waals surface area contributed by atoms with E-state index in [4.69, 9.17) is 0 Å². The molecule has 3 N–H and O–H groups in total. The van der Waals surface area contributed by atoms with Crippen LogP contribution in [-0.2, 0) is 14.4 Å². The molecule has 0 aromatic heterocycles. The fraction of sp³-hybridized carbons (Fsp3) is 0.938. The lowest BCUT2D eigenvalue weighted by Gasteiger charge is -2.39. The lowest BCUT2D eigenvalue weighted by molar-refractivity contribution is -0.194. The number of Topliss-reactive ketones (excluding diaryl/α,β-unsaturated/α-hetero) is 3. The number of unbranched alkanes of at least 4 members (excludes halogenated alkanes) is 12. The van der Waals surface area contributed by atoms with Crippen molar-refractivity contribution in [2.45, 2.75) is 265 Å². The Kier molecular flexibility index (Phi) is 33.3. The van der Waals surface area contributed by atoms with Crippen molar-refractivity contribution in [3.8, 4) is 0 Å². The van der Waals surface area contributed by atoms with E-state index in [9.17, 15) is 29.7 Å². The number of aliphatic hydroxyl groups excluding tert-OH is 1. The van der Waals surface area contributed by atoms with Crippen LogP contribution in [0.2, 0.25) is 0 Å². The molecule has 6 nitrogen and oxygen atoms in total. The topological polar surface area (TPSA) is 112 Å². The SMILES string of the molecule is CCCCCCC(CCC)CCCCC(=O)C(O)(CO)C(O)(C(=O)CCCCC(CCC)CCCCCC)C(=O)CCCCC(CCC)CCCCCC. The first kappa shape index (κ1) is 52.9. The molecule has 320 valence electrons. The fourth-order valence-electron chi connectivity index (χ4n) is 8.85. The first-order valence-electron chi connectivity index (χ1n) is 23.7. The van der Waals surface area contributed by atoms with E-state index in [1.54, 1.807) is 0 Å². The average molecular weight is 765 g/mol. The molecule has 0 aromatic carbocycles. The number of ketones is 3. The zero-order valence-corrected chi connectivity index (χ0v) is 36.8. The lowest BCUT2D eigenvalue weighted by Crippen LogP contribution is -2.69. The number of hydrogen-bond acceptors (Lipinski definition) is 6. The van der Waals surface area contributed by atoms with Crippen LogP contribution in [0.4, 0.5) is 0 Å². The van der Waals surface area contributed by atoms with Crippen LogP contribution in [0.25, 0.3) is 0 Å². The van der Waals surface area contributed by atoms with E-state index in [1.807, 2.05) is 0 Å². The van der Waals surface area contributed by atoms with Crippen molar-refractivity contribution >= 4 is 17.3 Å². The van der Waals surface area contributed by atoms with Crippen molar-refractivity contribution in [2.24, 2.45) is 17.8 Å². The van der Waals surface area contributed by atoms with Gasteiger partial charge in [0.2, 0.25) is 5.60 Å². The number of hydrogen-bond donors (Lipinski definition) is 3. The first-order valence-corrected chi connectivity index (χ1v) is 23.7. The van der Waals surface area contributed by atoms with Crippen molar-refractivity contribution < 1.29 is 29.7 Å². The van der Waals surface area contributed by atoms with Gasteiger partial charge in [-0.1, -0.05) is 215 Å². The third-order valence-corrected chi connectivity index (χ3v) is 12.4. The summed E-state index contributed by atoms with van der Waals surface area (Å²) in [4.78, 5) is 41.7. The molecule has 0 spiro atoms. The molecule has 6 heteroatoms. The maximum atomic E-state index is 14.0. The van der Waals surface area contributed by atoms with Gasteiger partial charge in [-0.15, -0.1) is 0 Å². The molecule has 0 saturated carbocycles. The van der Waals surface area contributed by atoms with Crippen LogP contribution in [0.3, 0.4) is 0 Å². The third-order valence-electron chi connectivity index (χ3n) is 12.4. The Bertz CT molecular complexity index is 875.